The van der Waals surface area contributed by atoms with Gasteiger partial charge in [0.25, 0.3) is 0 Å². The topological polar surface area (TPSA) is 75.6 Å². The molecule has 1 aliphatic rings. The van der Waals surface area contributed by atoms with Crippen molar-refractivity contribution in [3.8, 4) is 0 Å². The fourth-order valence-corrected chi connectivity index (χ4v) is 1.46. The van der Waals surface area contributed by atoms with Crippen molar-refractivity contribution >= 4 is 11.9 Å². The predicted octanol–water partition coefficient (Wildman–Crippen LogP) is 0.000700. The molecule has 1 aliphatic heterocycles. The Morgan fingerprint density at radius 2 is 2.21 bits per heavy atom. The zero-order valence-electron chi connectivity index (χ0n) is 8.32. The van der Waals surface area contributed by atoms with Gasteiger partial charge in [-0.2, -0.15) is 0 Å². The molecular weight excluding hydrogens is 186 g/mol. The molecule has 5 nitrogen and oxygen atoms in total. The first-order valence-corrected chi connectivity index (χ1v) is 4.67. The first-order chi connectivity index (χ1) is 6.52. The Hall–Kier alpha value is -1.10. The fourth-order valence-electron chi connectivity index (χ4n) is 1.46. The quantitative estimate of drug-likeness (QED) is 0.674. The average molecular weight is 201 g/mol. The SMILES string of the molecule is CC(NC(=O)C1CCOC1C)C(=O)O. The number of ether oxygens (including phenoxy) is 1. The lowest BCUT2D eigenvalue weighted by Crippen LogP contribution is -2.43. The molecule has 1 fully saturated rings. The van der Waals surface area contributed by atoms with Crippen molar-refractivity contribution in [2.24, 2.45) is 5.92 Å². The van der Waals surface area contributed by atoms with Crippen LogP contribution in [-0.4, -0.2) is 35.7 Å². The Morgan fingerprint density at radius 3 is 2.64 bits per heavy atom. The van der Waals surface area contributed by atoms with Crippen LogP contribution in [0.4, 0.5) is 0 Å². The van der Waals surface area contributed by atoms with Gasteiger partial charge in [-0.15, -0.1) is 0 Å². The highest BCUT2D eigenvalue weighted by Crippen LogP contribution is 2.20. The smallest absolute Gasteiger partial charge is 0.325 e. The first kappa shape index (κ1) is 11.0. The van der Waals surface area contributed by atoms with E-state index in [1.165, 1.54) is 6.92 Å². The van der Waals surface area contributed by atoms with Crippen LogP contribution in [0.3, 0.4) is 0 Å². The molecule has 0 radical (unpaired) electrons. The molecule has 80 valence electrons. The van der Waals surface area contributed by atoms with Crippen LogP contribution < -0.4 is 5.32 Å². The molecule has 0 aromatic rings. The zero-order chi connectivity index (χ0) is 10.7. The highest BCUT2D eigenvalue weighted by molar-refractivity contribution is 5.85. The molecule has 0 aromatic carbocycles. The Morgan fingerprint density at radius 1 is 1.57 bits per heavy atom. The minimum absolute atomic E-state index is 0.115. The molecule has 0 aromatic heterocycles. The van der Waals surface area contributed by atoms with Gasteiger partial charge in [-0.25, -0.2) is 0 Å². The van der Waals surface area contributed by atoms with Gasteiger partial charge in [-0.3, -0.25) is 9.59 Å². The van der Waals surface area contributed by atoms with Crippen molar-refractivity contribution in [3.63, 3.8) is 0 Å². The van der Waals surface area contributed by atoms with E-state index in [1.807, 2.05) is 6.92 Å². The number of amides is 1. The molecule has 0 saturated carbocycles. The van der Waals surface area contributed by atoms with Crippen LogP contribution in [0, 0.1) is 5.92 Å². The first-order valence-electron chi connectivity index (χ1n) is 4.67. The van der Waals surface area contributed by atoms with Gasteiger partial charge in [-0.05, 0) is 20.3 Å². The number of carbonyl (C=O) groups excluding carboxylic acids is 1. The highest BCUT2D eigenvalue weighted by atomic mass is 16.5. The minimum atomic E-state index is -1.02. The Bertz CT molecular complexity index is 241. The number of nitrogens with one attached hydrogen (secondary N) is 1. The number of hydrogen-bond donors (Lipinski definition) is 2. The van der Waals surface area contributed by atoms with E-state index >= 15 is 0 Å². The van der Waals surface area contributed by atoms with Crippen molar-refractivity contribution in [2.75, 3.05) is 6.61 Å². The monoisotopic (exact) mass is 201 g/mol. The summed E-state index contributed by atoms with van der Waals surface area (Å²) in [6, 6.07) is -0.838. The van der Waals surface area contributed by atoms with Crippen molar-refractivity contribution in [1.82, 2.24) is 5.32 Å². The second-order valence-corrected chi connectivity index (χ2v) is 3.54. The minimum Gasteiger partial charge on any atom is -0.480 e. The summed E-state index contributed by atoms with van der Waals surface area (Å²) in [5.74, 6) is -1.47. The van der Waals surface area contributed by atoms with Gasteiger partial charge < -0.3 is 15.2 Å². The van der Waals surface area contributed by atoms with Crippen LogP contribution in [0.2, 0.25) is 0 Å². The molecule has 1 heterocycles. The van der Waals surface area contributed by atoms with E-state index in [2.05, 4.69) is 5.32 Å². The molecule has 1 amide bonds. The number of carbonyl (C=O) groups is 2. The molecule has 0 spiro atoms. The maximum atomic E-state index is 11.5. The highest BCUT2D eigenvalue weighted by Gasteiger charge is 2.31. The van der Waals surface area contributed by atoms with Crippen molar-refractivity contribution in [3.05, 3.63) is 0 Å². The normalized spacial score (nSPS) is 28.4. The molecule has 1 rings (SSSR count). The maximum absolute atomic E-state index is 11.5. The van der Waals surface area contributed by atoms with Gasteiger partial charge in [0.2, 0.25) is 5.91 Å². The molecule has 2 N–H and O–H groups in total. The van der Waals surface area contributed by atoms with E-state index in [4.69, 9.17) is 9.84 Å². The van der Waals surface area contributed by atoms with Gasteiger partial charge in [0.15, 0.2) is 0 Å². The Kier molecular flexibility index (Phi) is 3.46. The van der Waals surface area contributed by atoms with E-state index in [0.29, 0.717) is 13.0 Å². The Labute approximate surface area is 82.4 Å². The number of carboxylic acid groups (broad SMARTS) is 1. The third-order valence-corrected chi connectivity index (χ3v) is 2.44. The fraction of sp³-hybridized carbons (Fsp3) is 0.778. The van der Waals surface area contributed by atoms with Crippen LogP contribution in [-0.2, 0) is 14.3 Å². The molecule has 0 bridgehead atoms. The summed E-state index contributed by atoms with van der Waals surface area (Å²) in [5, 5.41) is 11.0. The third kappa shape index (κ3) is 2.45. The molecule has 1 saturated heterocycles. The summed E-state index contributed by atoms with van der Waals surface area (Å²) in [4.78, 5) is 22.0. The number of hydrogen-bond acceptors (Lipinski definition) is 3. The molecule has 0 aliphatic carbocycles. The van der Waals surface area contributed by atoms with Crippen molar-refractivity contribution in [1.29, 1.82) is 0 Å². The summed E-state index contributed by atoms with van der Waals surface area (Å²) in [7, 11) is 0. The standard InChI is InChI=1S/C9H15NO4/c1-5(9(12)13)10-8(11)7-3-4-14-6(7)2/h5-7H,3-4H2,1-2H3,(H,10,11)(H,12,13). The van der Waals surface area contributed by atoms with E-state index in [9.17, 15) is 9.59 Å². The van der Waals surface area contributed by atoms with Crippen molar-refractivity contribution < 1.29 is 19.4 Å². The summed E-state index contributed by atoms with van der Waals surface area (Å²) in [5.41, 5.74) is 0. The van der Waals surface area contributed by atoms with Crippen LogP contribution in [0.25, 0.3) is 0 Å². The average Bonchev–Trinajstić information content (AvgIpc) is 2.51. The molecule has 14 heavy (non-hydrogen) atoms. The lowest BCUT2D eigenvalue weighted by molar-refractivity contribution is -0.142. The lowest BCUT2D eigenvalue weighted by Gasteiger charge is -2.16. The molecule has 3 unspecified atom stereocenters. The summed E-state index contributed by atoms with van der Waals surface area (Å²) in [6.45, 7) is 3.84. The van der Waals surface area contributed by atoms with E-state index in [-0.39, 0.29) is 17.9 Å². The third-order valence-electron chi connectivity index (χ3n) is 2.44. The number of rotatable bonds is 3. The zero-order valence-corrected chi connectivity index (χ0v) is 8.32. The van der Waals surface area contributed by atoms with Gasteiger partial charge in [0, 0.05) is 6.61 Å². The lowest BCUT2D eigenvalue weighted by atomic mass is 10.0. The van der Waals surface area contributed by atoms with Crippen LogP contribution in [0.5, 0.6) is 0 Å². The maximum Gasteiger partial charge on any atom is 0.325 e. The van der Waals surface area contributed by atoms with E-state index in [0.717, 1.165) is 0 Å². The predicted molar refractivity (Wildman–Crippen MR) is 48.8 cm³/mol. The summed E-state index contributed by atoms with van der Waals surface area (Å²) < 4.78 is 5.22. The van der Waals surface area contributed by atoms with Crippen LogP contribution in [0.15, 0.2) is 0 Å². The number of aliphatic carboxylic acids is 1. The Balaban J connectivity index is 2.45. The molecular formula is C9H15NO4. The second-order valence-electron chi connectivity index (χ2n) is 3.54. The van der Waals surface area contributed by atoms with Crippen LogP contribution >= 0.6 is 0 Å². The van der Waals surface area contributed by atoms with Crippen LogP contribution in [0.1, 0.15) is 20.3 Å². The molecule has 3 atom stereocenters. The van der Waals surface area contributed by atoms with E-state index < -0.39 is 12.0 Å². The van der Waals surface area contributed by atoms with Gasteiger partial charge in [-0.1, -0.05) is 0 Å². The van der Waals surface area contributed by atoms with Gasteiger partial charge in [0.1, 0.15) is 6.04 Å². The van der Waals surface area contributed by atoms with E-state index in [1.54, 1.807) is 0 Å². The van der Waals surface area contributed by atoms with Gasteiger partial charge in [0.05, 0.1) is 12.0 Å². The number of carboxylic acids is 1. The molecule has 5 heteroatoms. The largest absolute Gasteiger partial charge is 0.480 e. The second kappa shape index (κ2) is 4.41. The summed E-state index contributed by atoms with van der Waals surface area (Å²) >= 11 is 0. The van der Waals surface area contributed by atoms with Gasteiger partial charge >= 0.3 is 5.97 Å². The summed E-state index contributed by atoms with van der Waals surface area (Å²) in [6.07, 6.45) is 0.551. The van der Waals surface area contributed by atoms with Crippen molar-refractivity contribution in [2.45, 2.75) is 32.4 Å².